The third kappa shape index (κ3) is 6.82. The van der Waals surface area contributed by atoms with Crippen LogP contribution in [0.25, 0.3) is 0 Å². The normalized spacial score (nSPS) is 19.7. The number of likely N-dealkylation sites (tertiary alicyclic amines) is 1. The van der Waals surface area contributed by atoms with Gasteiger partial charge in [-0.25, -0.2) is 0 Å². The second kappa shape index (κ2) is 11.8. The highest BCUT2D eigenvalue weighted by Gasteiger charge is 2.37. The summed E-state index contributed by atoms with van der Waals surface area (Å²) in [5, 5.41) is 0. The van der Waals surface area contributed by atoms with Crippen molar-refractivity contribution >= 4 is 5.91 Å². The minimum Gasteiger partial charge on any atom is -0.492 e. The van der Waals surface area contributed by atoms with Gasteiger partial charge in [-0.1, -0.05) is 44.5 Å². The number of rotatable bonds is 4. The largest absolute Gasteiger partial charge is 0.492 e. The monoisotopic (exact) mass is 463 g/mol. The second-order valence-corrected chi connectivity index (χ2v) is 10.7. The van der Waals surface area contributed by atoms with E-state index in [2.05, 4.69) is 52.9 Å². The fourth-order valence-electron chi connectivity index (χ4n) is 5.66. The summed E-state index contributed by atoms with van der Waals surface area (Å²) in [7, 11) is 0. The van der Waals surface area contributed by atoms with E-state index < -0.39 is 0 Å². The number of benzene rings is 1. The van der Waals surface area contributed by atoms with Crippen LogP contribution in [0.5, 0.6) is 5.75 Å². The van der Waals surface area contributed by atoms with Crippen molar-refractivity contribution in [3.63, 3.8) is 0 Å². The molecule has 0 radical (unpaired) electrons. The van der Waals surface area contributed by atoms with Gasteiger partial charge in [-0.15, -0.1) is 0 Å². The topological polar surface area (TPSA) is 45.7 Å². The molecule has 1 aromatic heterocycles. The van der Waals surface area contributed by atoms with E-state index in [4.69, 9.17) is 4.74 Å². The number of aromatic nitrogens is 1. The smallest absolute Gasteiger partial charge is 0.228 e. The van der Waals surface area contributed by atoms with Gasteiger partial charge in [-0.2, -0.15) is 0 Å². The standard InChI is InChI=1S/C29H41N3O2/c1-24(2)22-31-19-20-34-27-12-4-3-9-25(27)10-5-7-13-29(23-31)14-17-32(18-15-29)28(33)21-26-11-6-8-16-30-26/h3-4,6,8-9,11-12,16,24H,5,7,10,13-15,17-23H2,1-2H3. The number of pyridine rings is 1. The highest BCUT2D eigenvalue weighted by Crippen LogP contribution is 2.38. The van der Waals surface area contributed by atoms with Gasteiger partial charge < -0.3 is 9.64 Å². The molecule has 2 aliphatic rings. The lowest BCUT2D eigenvalue weighted by Gasteiger charge is -2.45. The van der Waals surface area contributed by atoms with Crippen LogP contribution in [-0.4, -0.2) is 60.0 Å². The van der Waals surface area contributed by atoms with Crippen molar-refractivity contribution in [2.45, 2.75) is 58.8 Å². The first-order chi connectivity index (χ1) is 16.5. The number of hydrogen-bond acceptors (Lipinski definition) is 4. The minimum absolute atomic E-state index is 0.214. The van der Waals surface area contributed by atoms with Gasteiger partial charge in [0.25, 0.3) is 0 Å². The third-order valence-corrected chi connectivity index (χ3v) is 7.46. The first kappa shape index (κ1) is 24.7. The van der Waals surface area contributed by atoms with Crippen LogP contribution < -0.4 is 4.74 Å². The summed E-state index contributed by atoms with van der Waals surface area (Å²) in [4.78, 5) is 22.0. The first-order valence-corrected chi connectivity index (χ1v) is 13.1. The Bertz CT molecular complexity index is 907. The lowest BCUT2D eigenvalue weighted by Crippen LogP contribution is -2.49. The molecule has 1 saturated heterocycles. The Balaban J connectivity index is 1.42. The van der Waals surface area contributed by atoms with E-state index in [9.17, 15) is 4.79 Å². The number of aryl methyl sites for hydroxylation is 1. The molecule has 1 spiro atoms. The fourth-order valence-corrected chi connectivity index (χ4v) is 5.66. The van der Waals surface area contributed by atoms with E-state index in [0.29, 0.717) is 12.3 Å². The minimum atomic E-state index is 0.214. The maximum Gasteiger partial charge on any atom is 0.228 e. The van der Waals surface area contributed by atoms with E-state index >= 15 is 0 Å². The Morgan fingerprint density at radius 1 is 1.03 bits per heavy atom. The molecule has 5 heteroatoms. The molecule has 1 fully saturated rings. The molecular formula is C29H41N3O2. The van der Waals surface area contributed by atoms with Gasteiger partial charge in [0, 0.05) is 44.6 Å². The van der Waals surface area contributed by atoms with Crippen LogP contribution in [0.15, 0.2) is 48.7 Å². The van der Waals surface area contributed by atoms with Crippen LogP contribution in [0, 0.1) is 11.3 Å². The third-order valence-electron chi connectivity index (χ3n) is 7.46. The maximum atomic E-state index is 12.9. The molecule has 3 heterocycles. The molecule has 34 heavy (non-hydrogen) atoms. The summed E-state index contributed by atoms with van der Waals surface area (Å²) < 4.78 is 6.25. The number of carbonyl (C=O) groups excluding carboxylic acids is 1. The average molecular weight is 464 g/mol. The van der Waals surface area contributed by atoms with Gasteiger partial charge in [-0.05, 0) is 67.2 Å². The molecule has 1 amide bonds. The zero-order valence-electron chi connectivity index (χ0n) is 21.0. The van der Waals surface area contributed by atoms with Gasteiger partial charge in [0.05, 0.1) is 6.42 Å². The van der Waals surface area contributed by atoms with Crippen molar-refractivity contribution in [3.05, 3.63) is 59.9 Å². The van der Waals surface area contributed by atoms with Gasteiger partial charge in [0.15, 0.2) is 0 Å². The van der Waals surface area contributed by atoms with E-state index in [0.717, 1.165) is 70.0 Å². The molecule has 0 saturated carbocycles. The van der Waals surface area contributed by atoms with Crippen molar-refractivity contribution in [2.24, 2.45) is 11.3 Å². The summed E-state index contributed by atoms with van der Waals surface area (Å²) in [5.74, 6) is 1.89. The molecule has 0 atom stereocenters. The van der Waals surface area contributed by atoms with Crippen molar-refractivity contribution < 1.29 is 9.53 Å². The molecule has 5 nitrogen and oxygen atoms in total. The first-order valence-electron chi connectivity index (χ1n) is 13.1. The molecule has 0 unspecified atom stereocenters. The predicted molar refractivity (Wildman–Crippen MR) is 137 cm³/mol. The molecule has 0 aliphatic carbocycles. The van der Waals surface area contributed by atoms with E-state index in [-0.39, 0.29) is 11.3 Å². The Labute approximate surface area is 205 Å². The highest BCUT2D eigenvalue weighted by molar-refractivity contribution is 5.78. The second-order valence-electron chi connectivity index (χ2n) is 10.7. The lowest BCUT2D eigenvalue weighted by atomic mass is 9.73. The molecule has 184 valence electrons. The number of hydrogen-bond donors (Lipinski definition) is 0. The SMILES string of the molecule is CC(C)CN1CCOc2ccccc2CCCCC2(CCN(C(=O)Cc3ccccn3)CC2)C1. The van der Waals surface area contributed by atoms with Crippen molar-refractivity contribution in [3.8, 4) is 5.75 Å². The molecule has 1 aromatic carbocycles. The van der Waals surface area contributed by atoms with Gasteiger partial charge in [-0.3, -0.25) is 14.7 Å². The fraction of sp³-hybridized carbons (Fsp3) is 0.586. The van der Waals surface area contributed by atoms with Crippen LogP contribution >= 0.6 is 0 Å². The van der Waals surface area contributed by atoms with Crippen molar-refractivity contribution in [1.29, 1.82) is 0 Å². The maximum absolute atomic E-state index is 12.9. The number of nitrogens with zero attached hydrogens (tertiary/aromatic N) is 3. The average Bonchev–Trinajstić information content (AvgIpc) is 2.82. The van der Waals surface area contributed by atoms with Crippen LogP contribution in [0.4, 0.5) is 0 Å². The zero-order chi connectivity index (χ0) is 23.8. The van der Waals surface area contributed by atoms with Crippen LogP contribution in [0.1, 0.15) is 57.2 Å². The van der Waals surface area contributed by atoms with E-state index in [1.54, 1.807) is 6.20 Å². The number of fused-ring (bicyclic) bond motifs is 1. The zero-order valence-corrected chi connectivity index (χ0v) is 21.0. The van der Waals surface area contributed by atoms with Crippen LogP contribution in [0.3, 0.4) is 0 Å². The van der Waals surface area contributed by atoms with E-state index in [1.807, 2.05) is 18.2 Å². The summed E-state index contributed by atoms with van der Waals surface area (Å²) in [5.41, 5.74) is 2.49. The molecule has 2 aliphatic heterocycles. The Kier molecular flexibility index (Phi) is 8.60. The van der Waals surface area contributed by atoms with Crippen molar-refractivity contribution in [2.75, 3.05) is 39.3 Å². The van der Waals surface area contributed by atoms with Gasteiger partial charge >= 0.3 is 0 Å². The highest BCUT2D eigenvalue weighted by atomic mass is 16.5. The quantitative estimate of drug-likeness (QED) is 0.640. The number of ether oxygens (including phenoxy) is 1. The summed E-state index contributed by atoms with van der Waals surface area (Å²) in [6.45, 7) is 10.2. The number of carbonyl (C=O) groups is 1. The van der Waals surface area contributed by atoms with Gasteiger partial charge in [0.2, 0.25) is 5.91 Å². The lowest BCUT2D eigenvalue weighted by molar-refractivity contribution is -0.133. The van der Waals surface area contributed by atoms with Crippen molar-refractivity contribution in [1.82, 2.24) is 14.8 Å². The van der Waals surface area contributed by atoms with Crippen LogP contribution in [0.2, 0.25) is 0 Å². The Hall–Kier alpha value is -2.40. The number of para-hydroxylation sites is 1. The summed E-state index contributed by atoms with van der Waals surface area (Å²) in [6.07, 6.45) is 9.10. The molecule has 0 N–H and O–H groups in total. The molecule has 4 rings (SSSR count). The summed E-state index contributed by atoms with van der Waals surface area (Å²) in [6, 6.07) is 14.3. The predicted octanol–water partition coefficient (Wildman–Crippen LogP) is 5.00. The number of amides is 1. The molecular weight excluding hydrogens is 422 g/mol. The van der Waals surface area contributed by atoms with Gasteiger partial charge in [0.1, 0.15) is 12.4 Å². The van der Waals surface area contributed by atoms with E-state index in [1.165, 1.54) is 24.8 Å². The number of piperidine rings is 1. The molecule has 0 bridgehead atoms. The summed E-state index contributed by atoms with van der Waals surface area (Å²) >= 11 is 0. The van der Waals surface area contributed by atoms with Crippen LogP contribution in [-0.2, 0) is 17.6 Å². The molecule has 2 aromatic rings. The Morgan fingerprint density at radius 2 is 1.82 bits per heavy atom. The Morgan fingerprint density at radius 3 is 2.59 bits per heavy atom.